The number of carboxylic acid groups (broad SMARTS) is 1. The number of benzene rings is 1. The smallest absolute Gasteiger partial charge is 0.335 e. The van der Waals surface area contributed by atoms with E-state index in [1.807, 2.05) is 4.90 Å². The minimum Gasteiger partial charge on any atom is -0.478 e. The largest absolute Gasteiger partial charge is 0.478 e. The van der Waals surface area contributed by atoms with Crippen LogP contribution in [0.2, 0.25) is 0 Å². The molecule has 0 bridgehead atoms. The molecule has 0 spiro atoms. The molecule has 1 aliphatic heterocycles. The number of likely N-dealkylation sites (tertiary alicyclic amines) is 1. The predicted octanol–water partition coefficient (Wildman–Crippen LogP) is 4.30. The van der Waals surface area contributed by atoms with Gasteiger partial charge >= 0.3 is 5.97 Å². The van der Waals surface area contributed by atoms with Gasteiger partial charge < -0.3 is 10.0 Å². The van der Waals surface area contributed by atoms with Crippen molar-refractivity contribution in [3.63, 3.8) is 0 Å². The molecule has 6 heteroatoms. The molecule has 1 unspecified atom stereocenters. The van der Waals surface area contributed by atoms with Crippen molar-refractivity contribution >= 4 is 23.2 Å². The summed E-state index contributed by atoms with van der Waals surface area (Å²) in [6.07, 6.45) is 3.19. The molecule has 1 fully saturated rings. The third kappa shape index (κ3) is 4.95. The monoisotopic (exact) mass is 386 g/mol. The minimum absolute atomic E-state index is 0.169. The first kappa shape index (κ1) is 19.5. The van der Waals surface area contributed by atoms with Gasteiger partial charge in [-0.3, -0.25) is 4.79 Å². The third-order valence-electron chi connectivity index (χ3n) is 5.08. The molecule has 1 N–H and O–H groups in total. The lowest BCUT2D eigenvalue weighted by Gasteiger charge is -2.32. The molecule has 5 nitrogen and oxygen atoms in total. The Bertz CT molecular complexity index is 798. The number of amides is 1. The van der Waals surface area contributed by atoms with Gasteiger partial charge in [0.25, 0.3) is 0 Å². The molecule has 1 amide bonds. The first-order valence-electron chi connectivity index (χ1n) is 9.49. The second kappa shape index (κ2) is 8.65. The standard InChI is InChI=1S/C21H26N2O3S/c1-14(2)18-13-27-20(22-18)17-4-3-11-23(12-17)19(24)10-7-15-5-8-16(9-6-15)21(25)26/h5-6,8-9,13-14,17H,3-4,7,10-12H2,1-2H3,(H,25,26). The summed E-state index contributed by atoms with van der Waals surface area (Å²) < 4.78 is 0. The minimum atomic E-state index is -0.931. The number of hydrogen-bond acceptors (Lipinski definition) is 4. The van der Waals surface area contributed by atoms with Crippen molar-refractivity contribution in [1.82, 2.24) is 9.88 Å². The van der Waals surface area contributed by atoms with E-state index in [1.165, 1.54) is 0 Å². The quantitative estimate of drug-likeness (QED) is 0.803. The maximum Gasteiger partial charge on any atom is 0.335 e. The zero-order chi connectivity index (χ0) is 19.4. The fourth-order valence-electron chi connectivity index (χ4n) is 3.38. The number of carboxylic acids is 1. The molecule has 3 rings (SSSR count). The van der Waals surface area contributed by atoms with Crippen LogP contribution in [0.3, 0.4) is 0 Å². The Labute approximate surface area is 164 Å². The van der Waals surface area contributed by atoms with E-state index in [0.29, 0.717) is 24.7 Å². The molecule has 0 aliphatic carbocycles. The van der Waals surface area contributed by atoms with Crippen LogP contribution in [0.25, 0.3) is 0 Å². The number of aromatic nitrogens is 1. The van der Waals surface area contributed by atoms with E-state index in [4.69, 9.17) is 10.1 Å². The number of rotatable bonds is 6. The first-order chi connectivity index (χ1) is 12.9. The van der Waals surface area contributed by atoms with E-state index in [-0.39, 0.29) is 11.5 Å². The lowest BCUT2D eigenvalue weighted by atomic mass is 9.98. The average molecular weight is 387 g/mol. The second-order valence-corrected chi connectivity index (χ2v) is 8.34. The van der Waals surface area contributed by atoms with Crippen molar-refractivity contribution in [2.45, 2.75) is 51.4 Å². The van der Waals surface area contributed by atoms with E-state index in [0.717, 1.165) is 42.2 Å². The van der Waals surface area contributed by atoms with Crippen LogP contribution in [-0.2, 0) is 11.2 Å². The Morgan fingerprint density at radius 3 is 2.67 bits per heavy atom. The summed E-state index contributed by atoms with van der Waals surface area (Å²) in [5.41, 5.74) is 2.40. The maximum absolute atomic E-state index is 12.7. The average Bonchev–Trinajstić information content (AvgIpc) is 3.17. The maximum atomic E-state index is 12.7. The summed E-state index contributed by atoms with van der Waals surface area (Å²) in [7, 11) is 0. The van der Waals surface area contributed by atoms with E-state index in [9.17, 15) is 9.59 Å². The molecule has 1 saturated heterocycles. The summed E-state index contributed by atoms with van der Waals surface area (Å²) >= 11 is 1.71. The van der Waals surface area contributed by atoms with Crippen molar-refractivity contribution in [1.29, 1.82) is 0 Å². The van der Waals surface area contributed by atoms with Gasteiger partial charge in [0.15, 0.2) is 0 Å². The van der Waals surface area contributed by atoms with Crippen LogP contribution in [-0.4, -0.2) is 40.0 Å². The fraction of sp³-hybridized carbons (Fsp3) is 0.476. The summed E-state index contributed by atoms with van der Waals surface area (Å²) in [4.78, 5) is 30.3. The molecule has 0 radical (unpaired) electrons. The van der Waals surface area contributed by atoms with Crippen LogP contribution in [0.1, 0.15) is 71.6 Å². The topological polar surface area (TPSA) is 70.5 Å². The lowest BCUT2D eigenvalue weighted by Crippen LogP contribution is -2.39. The molecule has 1 atom stereocenters. The molecule has 144 valence electrons. The zero-order valence-electron chi connectivity index (χ0n) is 15.9. The number of hydrogen-bond donors (Lipinski definition) is 1. The number of piperidine rings is 1. The number of aromatic carboxylic acids is 1. The van der Waals surface area contributed by atoms with Gasteiger partial charge in [-0.25, -0.2) is 9.78 Å². The second-order valence-electron chi connectivity index (χ2n) is 7.45. The van der Waals surface area contributed by atoms with Crippen molar-refractivity contribution in [2.75, 3.05) is 13.1 Å². The van der Waals surface area contributed by atoms with Gasteiger partial charge in [-0.1, -0.05) is 26.0 Å². The lowest BCUT2D eigenvalue weighted by molar-refractivity contribution is -0.132. The first-order valence-corrected chi connectivity index (χ1v) is 10.4. The Morgan fingerprint density at radius 1 is 1.30 bits per heavy atom. The van der Waals surface area contributed by atoms with Crippen LogP contribution in [0.4, 0.5) is 0 Å². The van der Waals surface area contributed by atoms with E-state index >= 15 is 0 Å². The normalized spacial score (nSPS) is 17.3. The van der Waals surface area contributed by atoms with Gasteiger partial charge in [0.2, 0.25) is 5.91 Å². The highest BCUT2D eigenvalue weighted by molar-refractivity contribution is 7.09. The molecule has 1 aromatic carbocycles. The number of thiazole rings is 1. The summed E-state index contributed by atoms with van der Waals surface area (Å²) in [6.45, 7) is 5.87. The molecule has 1 aromatic heterocycles. The zero-order valence-corrected chi connectivity index (χ0v) is 16.7. The number of carbonyl (C=O) groups is 2. The molecule has 27 heavy (non-hydrogen) atoms. The highest BCUT2D eigenvalue weighted by atomic mass is 32.1. The van der Waals surface area contributed by atoms with Gasteiger partial charge in [0.1, 0.15) is 0 Å². The molecular formula is C21H26N2O3S. The van der Waals surface area contributed by atoms with Crippen molar-refractivity contribution < 1.29 is 14.7 Å². The van der Waals surface area contributed by atoms with Gasteiger partial charge in [-0.15, -0.1) is 11.3 Å². The SMILES string of the molecule is CC(C)c1csc(C2CCCN(C(=O)CCc3ccc(C(=O)O)cc3)C2)n1. The van der Waals surface area contributed by atoms with E-state index < -0.39 is 5.97 Å². The Balaban J connectivity index is 1.55. The van der Waals surface area contributed by atoms with Crippen LogP contribution in [0.15, 0.2) is 29.6 Å². The van der Waals surface area contributed by atoms with Gasteiger partial charge in [0, 0.05) is 30.8 Å². The molecular weight excluding hydrogens is 360 g/mol. The Morgan fingerprint density at radius 2 is 2.04 bits per heavy atom. The van der Waals surface area contributed by atoms with Crippen LogP contribution < -0.4 is 0 Å². The van der Waals surface area contributed by atoms with E-state index in [2.05, 4.69) is 19.2 Å². The van der Waals surface area contributed by atoms with Crippen LogP contribution in [0, 0.1) is 0 Å². The van der Waals surface area contributed by atoms with Gasteiger partial charge in [0.05, 0.1) is 16.3 Å². The van der Waals surface area contributed by atoms with E-state index in [1.54, 1.807) is 35.6 Å². The van der Waals surface area contributed by atoms with Crippen molar-refractivity contribution in [2.24, 2.45) is 0 Å². The summed E-state index contributed by atoms with van der Waals surface area (Å²) in [6, 6.07) is 6.76. The molecule has 0 saturated carbocycles. The fourth-order valence-corrected chi connectivity index (χ4v) is 4.49. The third-order valence-corrected chi connectivity index (χ3v) is 6.11. The number of carbonyl (C=O) groups excluding carboxylic acids is 1. The number of aryl methyl sites for hydroxylation is 1. The molecule has 2 aromatic rings. The van der Waals surface area contributed by atoms with Crippen LogP contribution in [0.5, 0.6) is 0 Å². The summed E-state index contributed by atoms with van der Waals surface area (Å²) in [5, 5.41) is 12.2. The van der Waals surface area contributed by atoms with Crippen molar-refractivity contribution in [3.05, 3.63) is 51.5 Å². The Kier molecular flexibility index (Phi) is 6.26. The highest BCUT2D eigenvalue weighted by Crippen LogP contribution is 2.31. The Hall–Kier alpha value is -2.21. The summed E-state index contributed by atoms with van der Waals surface area (Å²) in [5.74, 6) is 0.0151. The molecule has 2 heterocycles. The molecule has 1 aliphatic rings. The highest BCUT2D eigenvalue weighted by Gasteiger charge is 2.26. The van der Waals surface area contributed by atoms with Gasteiger partial charge in [-0.05, 0) is 42.9 Å². The van der Waals surface area contributed by atoms with Gasteiger partial charge in [-0.2, -0.15) is 0 Å². The van der Waals surface area contributed by atoms with Crippen molar-refractivity contribution in [3.8, 4) is 0 Å². The number of nitrogens with zero attached hydrogens (tertiary/aromatic N) is 2. The predicted molar refractivity (Wildman–Crippen MR) is 106 cm³/mol. The van der Waals surface area contributed by atoms with Crippen LogP contribution >= 0.6 is 11.3 Å².